The Morgan fingerprint density at radius 3 is 2.17 bits per heavy atom. The Labute approximate surface area is 69.1 Å². The van der Waals surface area contributed by atoms with Crippen LogP contribution in [0.1, 0.15) is 6.92 Å². The maximum absolute atomic E-state index is 12.0. The van der Waals surface area contributed by atoms with Gasteiger partial charge in [0, 0.05) is 6.20 Å². The van der Waals surface area contributed by atoms with Crippen LogP contribution in [0.5, 0.6) is 0 Å². The fourth-order valence-corrected chi connectivity index (χ4v) is 0.529. The second-order valence-electron chi connectivity index (χ2n) is 2.21. The van der Waals surface area contributed by atoms with Crippen molar-refractivity contribution in [2.45, 2.75) is 13.1 Å². The molecule has 4 heteroatoms. The predicted molar refractivity (Wildman–Crippen MR) is 42.3 cm³/mol. The van der Waals surface area contributed by atoms with Crippen LogP contribution >= 0.6 is 0 Å². The maximum atomic E-state index is 12.0. The summed E-state index contributed by atoms with van der Waals surface area (Å²) in [6.07, 6.45) is -1.59. The Morgan fingerprint density at radius 1 is 1.42 bits per heavy atom. The van der Waals surface area contributed by atoms with Crippen molar-refractivity contribution in [3.63, 3.8) is 0 Å². The van der Waals surface area contributed by atoms with Gasteiger partial charge in [-0.2, -0.15) is 13.2 Å². The monoisotopic (exact) mass is 177 g/mol. The lowest BCUT2D eigenvalue weighted by molar-refractivity contribution is -0.0884. The number of hydrogen-bond donors (Lipinski definition) is 1. The Bertz CT molecular complexity index is 223. The zero-order chi connectivity index (χ0) is 9.78. The summed E-state index contributed by atoms with van der Waals surface area (Å²) >= 11 is 0. The van der Waals surface area contributed by atoms with E-state index >= 15 is 0 Å². The smallest absolute Gasteiger partial charge is 0.404 e. The summed E-state index contributed by atoms with van der Waals surface area (Å²) in [6, 6.07) is 0. The molecule has 0 saturated carbocycles. The van der Waals surface area contributed by atoms with Crippen molar-refractivity contribution in [1.82, 2.24) is 0 Å². The van der Waals surface area contributed by atoms with E-state index < -0.39 is 11.7 Å². The molecule has 0 aromatic rings. The minimum absolute atomic E-state index is 0.420. The van der Waals surface area contributed by atoms with E-state index in [0.717, 1.165) is 6.08 Å². The van der Waals surface area contributed by atoms with Crippen molar-refractivity contribution in [1.29, 1.82) is 0 Å². The first kappa shape index (κ1) is 10.8. The molecule has 0 rings (SSSR count). The van der Waals surface area contributed by atoms with Crippen LogP contribution in [0.15, 0.2) is 36.1 Å². The third kappa shape index (κ3) is 3.27. The molecule has 12 heavy (non-hydrogen) atoms. The molecule has 68 valence electrons. The summed E-state index contributed by atoms with van der Waals surface area (Å²) in [5.74, 6) is 0. The summed E-state index contributed by atoms with van der Waals surface area (Å²) in [5, 5.41) is 0. The fraction of sp³-hybridized carbons (Fsp3) is 0.250. The van der Waals surface area contributed by atoms with Crippen molar-refractivity contribution in [2.24, 2.45) is 5.73 Å². The van der Waals surface area contributed by atoms with Crippen molar-refractivity contribution in [3.05, 3.63) is 36.1 Å². The number of nitrogens with two attached hydrogens (primary N) is 1. The van der Waals surface area contributed by atoms with Gasteiger partial charge in [0.25, 0.3) is 0 Å². The molecule has 0 amide bonds. The van der Waals surface area contributed by atoms with Gasteiger partial charge in [0.15, 0.2) is 0 Å². The van der Waals surface area contributed by atoms with Crippen LogP contribution in [0.2, 0.25) is 0 Å². The lowest BCUT2D eigenvalue weighted by Gasteiger charge is -2.06. The van der Waals surface area contributed by atoms with Crippen LogP contribution in [0.25, 0.3) is 0 Å². The van der Waals surface area contributed by atoms with E-state index in [2.05, 4.69) is 6.58 Å². The molecule has 0 aliphatic heterocycles. The first-order valence-electron chi connectivity index (χ1n) is 3.21. The second-order valence-corrected chi connectivity index (χ2v) is 2.21. The number of hydrogen-bond acceptors (Lipinski definition) is 1. The summed E-state index contributed by atoms with van der Waals surface area (Å²) in [5.41, 5.74) is 4.36. The summed E-state index contributed by atoms with van der Waals surface area (Å²) in [4.78, 5) is 0. The van der Waals surface area contributed by atoms with Gasteiger partial charge in [-0.25, -0.2) is 0 Å². The van der Waals surface area contributed by atoms with Gasteiger partial charge in [-0.1, -0.05) is 18.2 Å². The quantitative estimate of drug-likeness (QED) is 0.644. The molecule has 0 spiro atoms. The highest BCUT2D eigenvalue weighted by Gasteiger charge is 2.31. The van der Waals surface area contributed by atoms with E-state index in [1.165, 1.54) is 13.0 Å². The van der Waals surface area contributed by atoms with Crippen molar-refractivity contribution < 1.29 is 13.2 Å². The van der Waals surface area contributed by atoms with Gasteiger partial charge in [-0.3, -0.25) is 0 Å². The summed E-state index contributed by atoms with van der Waals surface area (Å²) < 4.78 is 36.0. The summed E-state index contributed by atoms with van der Waals surface area (Å²) in [7, 11) is 0. The third-order valence-electron chi connectivity index (χ3n) is 1.21. The zero-order valence-electron chi connectivity index (χ0n) is 6.65. The van der Waals surface area contributed by atoms with Crippen molar-refractivity contribution >= 4 is 0 Å². The van der Waals surface area contributed by atoms with Crippen LogP contribution < -0.4 is 5.73 Å². The molecule has 0 radical (unpaired) electrons. The average Bonchev–Trinajstić information content (AvgIpc) is 1.97. The molecule has 0 unspecified atom stereocenters. The van der Waals surface area contributed by atoms with Crippen LogP contribution in [-0.2, 0) is 0 Å². The molecule has 0 atom stereocenters. The molecule has 0 aromatic heterocycles. The Kier molecular flexibility index (Phi) is 3.60. The minimum atomic E-state index is -4.39. The molecule has 1 nitrogen and oxygen atoms in total. The van der Waals surface area contributed by atoms with Gasteiger partial charge in [-0.05, 0) is 13.0 Å². The van der Waals surface area contributed by atoms with E-state index in [9.17, 15) is 13.2 Å². The third-order valence-corrected chi connectivity index (χ3v) is 1.21. The van der Waals surface area contributed by atoms with Gasteiger partial charge in [-0.15, -0.1) is 0 Å². The van der Waals surface area contributed by atoms with Gasteiger partial charge < -0.3 is 5.73 Å². The molecule has 2 N–H and O–H groups in total. The second kappa shape index (κ2) is 3.99. The lowest BCUT2D eigenvalue weighted by Crippen LogP contribution is -2.11. The predicted octanol–water partition coefficient (Wildman–Crippen LogP) is 2.52. The molecule has 0 aromatic carbocycles. The minimum Gasteiger partial charge on any atom is -0.404 e. The standard InChI is InChI=1S/C8H10F3N/c1-3-6(2)4-7(5-12)8(9,10)11/h3-5H,1,12H2,2H3/b6-4-,7-5+. The summed E-state index contributed by atoms with van der Waals surface area (Å²) in [6.45, 7) is 4.84. The van der Waals surface area contributed by atoms with Crippen LogP contribution in [0.4, 0.5) is 13.2 Å². The maximum Gasteiger partial charge on any atom is 0.417 e. The van der Waals surface area contributed by atoms with Gasteiger partial charge in [0.2, 0.25) is 0 Å². The molecular weight excluding hydrogens is 167 g/mol. The lowest BCUT2D eigenvalue weighted by atomic mass is 10.2. The Hall–Kier alpha value is -1.19. The van der Waals surface area contributed by atoms with E-state index in [1.807, 2.05) is 0 Å². The number of alkyl halides is 3. The first-order chi connectivity index (χ1) is 5.41. The zero-order valence-corrected chi connectivity index (χ0v) is 6.65. The fourth-order valence-electron chi connectivity index (χ4n) is 0.529. The first-order valence-corrected chi connectivity index (χ1v) is 3.21. The normalized spacial score (nSPS) is 14.7. The molecular formula is C8H10F3N. The SMILES string of the molecule is C=C/C(C)=C\C(=C/N)C(F)(F)F. The molecule has 0 aliphatic carbocycles. The van der Waals surface area contributed by atoms with Gasteiger partial charge in [0.1, 0.15) is 0 Å². The number of halogens is 3. The van der Waals surface area contributed by atoms with E-state index in [-0.39, 0.29) is 0 Å². The topological polar surface area (TPSA) is 26.0 Å². The Morgan fingerprint density at radius 2 is 1.92 bits per heavy atom. The number of allylic oxidation sites excluding steroid dienone is 4. The largest absolute Gasteiger partial charge is 0.417 e. The van der Waals surface area contributed by atoms with Gasteiger partial charge >= 0.3 is 6.18 Å². The molecule has 0 bridgehead atoms. The molecule has 0 saturated heterocycles. The highest BCUT2D eigenvalue weighted by atomic mass is 19.4. The Balaban J connectivity index is 4.74. The van der Waals surface area contributed by atoms with E-state index in [1.54, 1.807) is 0 Å². The van der Waals surface area contributed by atoms with Gasteiger partial charge in [0.05, 0.1) is 5.57 Å². The number of rotatable bonds is 2. The van der Waals surface area contributed by atoms with E-state index in [4.69, 9.17) is 5.73 Å². The van der Waals surface area contributed by atoms with Crippen LogP contribution in [0, 0.1) is 0 Å². The van der Waals surface area contributed by atoms with Crippen LogP contribution in [0.3, 0.4) is 0 Å². The van der Waals surface area contributed by atoms with E-state index in [0.29, 0.717) is 11.8 Å². The van der Waals surface area contributed by atoms with Crippen molar-refractivity contribution in [3.8, 4) is 0 Å². The highest BCUT2D eigenvalue weighted by molar-refractivity contribution is 5.30. The van der Waals surface area contributed by atoms with Crippen LogP contribution in [-0.4, -0.2) is 6.18 Å². The average molecular weight is 177 g/mol. The van der Waals surface area contributed by atoms with Crippen molar-refractivity contribution in [2.75, 3.05) is 0 Å². The molecule has 0 heterocycles. The molecule has 0 fully saturated rings. The highest BCUT2D eigenvalue weighted by Crippen LogP contribution is 2.26. The molecule has 0 aliphatic rings.